The fraction of sp³-hybridized carbons (Fsp3) is 0.0870. The molecule has 3 N–H and O–H groups in total. The second-order valence-corrected chi connectivity index (χ2v) is 9.22. The van der Waals surface area contributed by atoms with Crippen LogP contribution in [-0.4, -0.2) is 24.1 Å². The summed E-state index contributed by atoms with van der Waals surface area (Å²) < 4.78 is 69.4. The Hall–Kier alpha value is -3.83. The number of hydroxylamine groups is 1. The zero-order valence-electron chi connectivity index (χ0n) is 17.6. The van der Waals surface area contributed by atoms with Crippen molar-refractivity contribution in [1.82, 2.24) is 10.0 Å². The van der Waals surface area contributed by atoms with Gasteiger partial charge >= 0.3 is 6.18 Å². The number of aryl methyl sites for hydroxylation is 1. The van der Waals surface area contributed by atoms with Crippen LogP contribution in [0.1, 0.15) is 15.9 Å². The number of benzene rings is 3. The molecule has 1 amide bonds. The number of alkyl halides is 3. The molecule has 0 saturated heterocycles. The molecule has 176 valence electrons. The van der Waals surface area contributed by atoms with Crippen molar-refractivity contribution in [2.45, 2.75) is 11.1 Å². The van der Waals surface area contributed by atoms with Gasteiger partial charge in [0.05, 0.1) is 10.5 Å². The standard InChI is InChI=1S/C23H18F3N3O4S/c1-29-13-20(15-3-2-4-16(11-15)23(24,25)26)19-12-17(7-10-21(19)29)28-34(32,33)18-8-5-14(6-9-18)22(30)27-31/h2-13,28,31H,1H3,(H,27,30). The molecule has 0 bridgehead atoms. The van der Waals surface area contributed by atoms with E-state index in [0.717, 1.165) is 12.1 Å². The number of hydrogen-bond donors (Lipinski definition) is 3. The fourth-order valence-electron chi connectivity index (χ4n) is 3.61. The minimum Gasteiger partial charge on any atom is -0.350 e. The van der Waals surface area contributed by atoms with Gasteiger partial charge in [0.2, 0.25) is 0 Å². The summed E-state index contributed by atoms with van der Waals surface area (Å²) >= 11 is 0. The molecule has 1 heterocycles. The Morgan fingerprint density at radius 3 is 2.35 bits per heavy atom. The molecule has 4 rings (SSSR count). The Kier molecular flexibility index (Phi) is 5.84. The normalized spacial score (nSPS) is 12.0. The summed E-state index contributed by atoms with van der Waals surface area (Å²) in [5, 5.41) is 9.24. The van der Waals surface area contributed by atoms with Gasteiger partial charge in [0.1, 0.15) is 0 Å². The van der Waals surface area contributed by atoms with E-state index in [4.69, 9.17) is 5.21 Å². The van der Waals surface area contributed by atoms with Gasteiger partial charge in [0.15, 0.2) is 0 Å². The summed E-state index contributed by atoms with van der Waals surface area (Å²) in [6.45, 7) is 0. The number of carbonyl (C=O) groups excluding carboxylic acids is 1. The molecule has 0 aliphatic rings. The lowest BCUT2D eigenvalue weighted by Gasteiger charge is -2.10. The Morgan fingerprint density at radius 1 is 1.00 bits per heavy atom. The third-order valence-corrected chi connectivity index (χ3v) is 6.67. The summed E-state index contributed by atoms with van der Waals surface area (Å²) in [5.41, 5.74) is 2.53. The second-order valence-electron chi connectivity index (χ2n) is 7.53. The molecule has 34 heavy (non-hydrogen) atoms. The first kappa shape index (κ1) is 23.3. The summed E-state index contributed by atoms with van der Waals surface area (Å²) in [4.78, 5) is 11.3. The maximum absolute atomic E-state index is 13.2. The third kappa shape index (κ3) is 4.47. The molecule has 0 atom stereocenters. The fourth-order valence-corrected chi connectivity index (χ4v) is 4.66. The van der Waals surface area contributed by atoms with Crippen molar-refractivity contribution >= 4 is 32.5 Å². The monoisotopic (exact) mass is 489 g/mol. The quantitative estimate of drug-likeness (QED) is 0.277. The van der Waals surface area contributed by atoms with Gasteiger partial charge in [-0.1, -0.05) is 12.1 Å². The molecule has 0 spiro atoms. The van der Waals surface area contributed by atoms with Crippen molar-refractivity contribution in [3.05, 3.63) is 84.1 Å². The minimum atomic E-state index is -4.49. The molecule has 0 radical (unpaired) electrons. The number of aromatic nitrogens is 1. The van der Waals surface area contributed by atoms with E-state index in [1.807, 2.05) is 0 Å². The second kappa shape index (κ2) is 8.50. The average molecular weight is 489 g/mol. The van der Waals surface area contributed by atoms with Crippen molar-refractivity contribution in [2.75, 3.05) is 4.72 Å². The first-order valence-corrected chi connectivity index (χ1v) is 11.3. The lowest BCUT2D eigenvalue weighted by atomic mass is 10.0. The van der Waals surface area contributed by atoms with E-state index in [2.05, 4.69) is 4.72 Å². The first-order chi connectivity index (χ1) is 16.0. The molecular formula is C23H18F3N3O4S. The Bertz CT molecular complexity index is 1490. The van der Waals surface area contributed by atoms with E-state index in [1.54, 1.807) is 42.1 Å². The number of nitrogens with zero attached hydrogens (tertiary/aromatic N) is 1. The molecule has 0 saturated carbocycles. The topological polar surface area (TPSA) is 100 Å². The van der Waals surface area contributed by atoms with Crippen LogP contribution in [0, 0.1) is 0 Å². The van der Waals surface area contributed by atoms with E-state index < -0.39 is 27.7 Å². The average Bonchev–Trinajstić information content (AvgIpc) is 3.13. The number of anilines is 1. The van der Waals surface area contributed by atoms with Gasteiger partial charge in [0.25, 0.3) is 15.9 Å². The zero-order chi connectivity index (χ0) is 24.7. The van der Waals surface area contributed by atoms with Crippen molar-refractivity contribution in [2.24, 2.45) is 7.05 Å². The predicted molar refractivity (Wildman–Crippen MR) is 120 cm³/mol. The Labute approximate surface area is 192 Å². The van der Waals surface area contributed by atoms with Crippen LogP contribution in [0.3, 0.4) is 0 Å². The van der Waals surface area contributed by atoms with E-state index in [1.165, 1.54) is 35.8 Å². The Balaban J connectivity index is 1.71. The number of halogens is 3. The van der Waals surface area contributed by atoms with E-state index >= 15 is 0 Å². The van der Waals surface area contributed by atoms with E-state index in [0.29, 0.717) is 22.0 Å². The summed E-state index contributed by atoms with van der Waals surface area (Å²) in [6.07, 6.45) is -2.81. The van der Waals surface area contributed by atoms with Gasteiger partial charge < -0.3 is 4.57 Å². The highest BCUT2D eigenvalue weighted by atomic mass is 32.2. The first-order valence-electron chi connectivity index (χ1n) is 9.83. The highest BCUT2D eigenvalue weighted by Gasteiger charge is 2.30. The van der Waals surface area contributed by atoms with Crippen LogP contribution in [0.25, 0.3) is 22.0 Å². The molecule has 11 heteroatoms. The number of nitrogens with one attached hydrogen (secondary N) is 2. The maximum atomic E-state index is 13.2. The molecule has 7 nitrogen and oxygen atoms in total. The largest absolute Gasteiger partial charge is 0.416 e. The van der Waals surface area contributed by atoms with Crippen LogP contribution >= 0.6 is 0 Å². The van der Waals surface area contributed by atoms with Gasteiger partial charge in [-0.25, -0.2) is 13.9 Å². The number of amides is 1. The zero-order valence-corrected chi connectivity index (χ0v) is 18.4. The Morgan fingerprint density at radius 2 is 1.71 bits per heavy atom. The van der Waals surface area contributed by atoms with Crippen molar-refractivity contribution < 1.29 is 31.6 Å². The highest BCUT2D eigenvalue weighted by molar-refractivity contribution is 7.92. The van der Waals surface area contributed by atoms with Crippen LogP contribution in [-0.2, 0) is 23.2 Å². The van der Waals surface area contributed by atoms with Crippen LogP contribution in [0.5, 0.6) is 0 Å². The van der Waals surface area contributed by atoms with Crippen molar-refractivity contribution in [3.8, 4) is 11.1 Å². The molecule has 0 aliphatic carbocycles. The molecule has 4 aromatic rings. The number of hydrogen-bond acceptors (Lipinski definition) is 4. The van der Waals surface area contributed by atoms with Gasteiger partial charge in [-0.15, -0.1) is 0 Å². The molecular weight excluding hydrogens is 471 g/mol. The third-order valence-electron chi connectivity index (χ3n) is 5.27. The van der Waals surface area contributed by atoms with Gasteiger partial charge in [-0.2, -0.15) is 13.2 Å². The molecule has 0 aliphatic heterocycles. The highest BCUT2D eigenvalue weighted by Crippen LogP contribution is 2.36. The smallest absolute Gasteiger partial charge is 0.350 e. The maximum Gasteiger partial charge on any atom is 0.416 e. The number of fused-ring (bicyclic) bond motifs is 1. The molecule has 1 aromatic heterocycles. The lowest BCUT2D eigenvalue weighted by molar-refractivity contribution is -0.137. The summed E-state index contributed by atoms with van der Waals surface area (Å²) in [6, 6.07) is 14.6. The van der Waals surface area contributed by atoms with E-state index in [-0.39, 0.29) is 16.1 Å². The molecule has 0 fully saturated rings. The van der Waals surface area contributed by atoms with Crippen LogP contribution in [0.15, 0.2) is 77.8 Å². The number of rotatable bonds is 5. The van der Waals surface area contributed by atoms with Crippen LogP contribution in [0.4, 0.5) is 18.9 Å². The lowest BCUT2D eigenvalue weighted by Crippen LogP contribution is -2.19. The summed E-state index contributed by atoms with van der Waals surface area (Å²) in [5.74, 6) is -0.784. The number of sulfonamides is 1. The van der Waals surface area contributed by atoms with Gasteiger partial charge in [-0.05, 0) is 60.2 Å². The van der Waals surface area contributed by atoms with Crippen molar-refractivity contribution in [1.29, 1.82) is 0 Å². The SMILES string of the molecule is Cn1cc(-c2cccc(C(F)(F)F)c2)c2cc(NS(=O)(=O)c3ccc(C(=O)NO)cc3)ccc21. The van der Waals surface area contributed by atoms with Crippen molar-refractivity contribution in [3.63, 3.8) is 0 Å². The van der Waals surface area contributed by atoms with E-state index in [9.17, 15) is 26.4 Å². The van der Waals surface area contributed by atoms with Crippen LogP contribution < -0.4 is 10.2 Å². The summed E-state index contributed by atoms with van der Waals surface area (Å²) in [7, 11) is -2.28. The minimum absolute atomic E-state index is 0.0675. The number of carbonyl (C=O) groups is 1. The van der Waals surface area contributed by atoms with Crippen LogP contribution in [0.2, 0.25) is 0 Å². The molecule has 0 unspecified atom stereocenters. The van der Waals surface area contributed by atoms with Gasteiger partial charge in [0, 0.05) is 41.0 Å². The predicted octanol–water partition coefficient (Wildman–Crippen LogP) is 4.78. The molecule has 3 aromatic carbocycles. The van der Waals surface area contributed by atoms with Gasteiger partial charge in [-0.3, -0.25) is 14.7 Å².